The summed E-state index contributed by atoms with van der Waals surface area (Å²) in [5.41, 5.74) is 5.92. The monoisotopic (exact) mass is 489 g/mol. The number of rotatable bonds is 14. The number of benzene rings is 1. The molecule has 27 heavy (non-hydrogen) atoms. The molecule has 0 fully saturated rings. The summed E-state index contributed by atoms with van der Waals surface area (Å²) in [7, 11) is 0. The van der Waals surface area contributed by atoms with Crippen LogP contribution in [0.3, 0.4) is 0 Å². The Bertz CT molecular complexity index is 488. The average Bonchev–Trinajstić information content (AvgIpc) is 2.66. The molecule has 156 valence electrons. The average molecular weight is 489 g/mol. The van der Waals surface area contributed by atoms with Crippen molar-refractivity contribution in [3.63, 3.8) is 0 Å². The van der Waals surface area contributed by atoms with Crippen LogP contribution in [0.4, 0.5) is 0 Å². The molecule has 0 aliphatic heterocycles. The Kier molecular flexibility index (Phi) is 15.0. The first-order valence-electron chi connectivity index (χ1n) is 10.6. The molecule has 2 N–H and O–H groups in total. The summed E-state index contributed by atoms with van der Waals surface area (Å²) >= 11 is 0. The summed E-state index contributed by atoms with van der Waals surface area (Å²) in [4.78, 5) is 12.9. The van der Waals surface area contributed by atoms with Gasteiger partial charge in [0.15, 0.2) is 0 Å². The summed E-state index contributed by atoms with van der Waals surface area (Å²) in [5, 5.41) is 0. The first kappa shape index (κ1) is 26.4. The fourth-order valence-corrected chi connectivity index (χ4v) is 3.69. The van der Waals surface area contributed by atoms with Crippen LogP contribution in [-0.4, -0.2) is 12.0 Å². The van der Waals surface area contributed by atoms with Crippen LogP contribution >= 0.6 is 24.0 Å². The number of unbranched alkanes of at least 4 members (excludes halogenated alkanes) is 7. The largest absolute Gasteiger partial charge is 0.426 e. The third kappa shape index (κ3) is 8.95. The second kappa shape index (κ2) is 15.3. The van der Waals surface area contributed by atoms with Gasteiger partial charge in [-0.25, -0.2) is 0 Å². The molecule has 0 spiro atoms. The molecule has 3 nitrogen and oxygen atoms in total. The molecule has 0 saturated carbocycles. The van der Waals surface area contributed by atoms with E-state index >= 15 is 0 Å². The molecule has 0 radical (unpaired) electrons. The summed E-state index contributed by atoms with van der Waals surface area (Å²) in [6.45, 7) is 6.34. The van der Waals surface area contributed by atoms with Crippen LogP contribution in [0.5, 0.6) is 5.75 Å². The highest BCUT2D eigenvalue weighted by Gasteiger charge is 2.42. The van der Waals surface area contributed by atoms with E-state index in [1.165, 1.54) is 44.9 Å². The SMILES string of the molecule is CCCCCCCCCCC(N)C(CC)(CC)C(=O)Oc1ccccc1.I. The lowest BCUT2D eigenvalue weighted by Crippen LogP contribution is -2.48. The molecule has 1 unspecified atom stereocenters. The minimum atomic E-state index is -0.586. The van der Waals surface area contributed by atoms with Crippen LogP contribution in [-0.2, 0) is 4.79 Å². The fourth-order valence-electron chi connectivity index (χ4n) is 3.69. The van der Waals surface area contributed by atoms with Crippen molar-refractivity contribution in [1.82, 2.24) is 0 Å². The quantitative estimate of drug-likeness (QED) is 0.134. The third-order valence-corrected chi connectivity index (χ3v) is 5.70. The van der Waals surface area contributed by atoms with E-state index in [4.69, 9.17) is 10.5 Å². The Morgan fingerprint density at radius 3 is 1.96 bits per heavy atom. The summed E-state index contributed by atoms with van der Waals surface area (Å²) in [5.74, 6) is 0.420. The number of para-hydroxylation sites is 1. The Balaban J connectivity index is 0.00000676. The Labute approximate surface area is 183 Å². The topological polar surface area (TPSA) is 52.3 Å². The normalized spacial score (nSPS) is 12.3. The van der Waals surface area contributed by atoms with Gasteiger partial charge in [-0.05, 0) is 31.4 Å². The van der Waals surface area contributed by atoms with Gasteiger partial charge in [0.25, 0.3) is 0 Å². The molecule has 4 heteroatoms. The molecule has 0 bridgehead atoms. The van der Waals surface area contributed by atoms with E-state index in [1.807, 2.05) is 44.2 Å². The Hall–Kier alpha value is -0.620. The zero-order valence-electron chi connectivity index (χ0n) is 17.5. The van der Waals surface area contributed by atoms with Gasteiger partial charge >= 0.3 is 5.97 Å². The zero-order valence-corrected chi connectivity index (χ0v) is 19.9. The fraction of sp³-hybridized carbons (Fsp3) is 0.696. The van der Waals surface area contributed by atoms with Gasteiger partial charge in [-0.2, -0.15) is 0 Å². The van der Waals surface area contributed by atoms with Gasteiger partial charge in [0, 0.05) is 6.04 Å². The maximum Gasteiger partial charge on any atom is 0.319 e. The molecule has 0 aromatic heterocycles. The van der Waals surface area contributed by atoms with Gasteiger partial charge in [-0.1, -0.05) is 90.3 Å². The Morgan fingerprint density at radius 1 is 0.926 bits per heavy atom. The number of nitrogens with two attached hydrogens (primary N) is 1. The van der Waals surface area contributed by atoms with Crippen LogP contribution in [0.25, 0.3) is 0 Å². The number of hydrogen-bond acceptors (Lipinski definition) is 3. The number of halogens is 1. The second-order valence-electron chi connectivity index (χ2n) is 7.44. The van der Waals surface area contributed by atoms with Gasteiger partial charge in [-0.15, -0.1) is 24.0 Å². The summed E-state index contributed by atoms with van der Waals surface area (Å²) in [6.07, 6.45) is 12.6. The maximum absolute atomic E-state index is 12.9. The second-order valence-corrected chi connectivity index (χ2v) is 7.44. The molecule has 0 aliphatic rings. The minimum absolute atomic E-state index is 0. The first-order chi connectivity index (χ1) is 12.6. The molecule has 0 saturated heterocycles. The predicted octanol–water partition coefficient (Wildman–Crippen LogP) is 6.87. The van der Waals surface area contributed by atoms with E-state index < -0.39 is 5.41 Å². The highest BCUT2D eigenvalue weighted by Crippen LogP contribution is 2.34. The van der Waals surface area contributed by atoms with Crippen LogP contribution in [0.2, 0.25) is 0 Å². The van der Waals surface area contributed by atoms with Crippen LogP contribution < -0.4 is 10.5 Å². The number of esters is 1. The predicted molar refractivity (Wildman–Crippen MR) is 126 cm³/mol. The van der Waals surface area contributed by atoms with Gasteiger partial charge < -0.3 is 10.5 Å². The van der Waals surface area contributed by atoms with E-state index in [2.05, 4.69) is 6.92 Å². The molecule has 0 heterocycles. The van der Waals surface area contributed by atoms with E-state index in [1.54, 1.807) is 0 Å². The Morgan fingerprint density at radius 2 is 1.44 bits per heavy atom. The third-order valence-electron chi connectivity index (χ3n) is 5.70. The van der Waals surface area contributed by atoms with Crippen molar-refractivity contribution in [3.05, 3.63) is 30.3 Å². The number of carbonyl (C=O) groups excluding carboxylic acids is 1. The van der Waals surface area contributed by atoms with Crippen molar-refractivity contribution in [2.75, 3.05) is 0 Å². The summed E-state index contributed by atoms with van der Waals surface area (Å²) < 4.78 is 5.65. The van der Waals surface area contributed by atoms with E-state index in [9.17, 15) is 4.79 Å². The van der Waals surface area contributed by atoms with Crippen molar-refractivity contribution in [1.29, 1.82) is 0 Å². The smallest absolute Gasteiger partial charge is 0.319 e. The molecule has 0 aliphatic carbocycles. The molecule has 1 aromatic carbocycles. The molecular formula is C23H40INO2. The van der Waals surface area contributed by atoms with Crippen molar-refractivity contribution >= 4 is 29.9 Å². The van der Waals surface area contributed by atoms with Crippen molar-refractivity contribution in [3.8, 4) is 5.75 Å². The van der Waals surface area contributed by atoms with Gasteiger partial charge in [0.1, 0.15) is 5.75 Å². The lowest BCUT2D eigenvalue weighted by molar-refractivity contribution is -0.148. The molecule has 1 atom stereocenters. The minimum Gasteiger partial charge on any atom is -0.426 e. The van der Waals surface area contributed by atoms with Crippen molar-refractivity contribution < 1.29 is 9.53 Å². The highest BCUT2D eigenvalue weighted by atomic mass is 127. The lowest BCUT2D eigenvalue weighted by Gasteiger charge is -2.35. The van der Waals surface area contributed by atoms with Gasteiger partial charge in [-0.3, -0.25) is 4.79 Å². The van der Waals surface area contributed by atoms with Gasteiger partial charge in [0.05, 0.1) is 5.41 Å². The molecule has 0 amide bonds. The number of carbonyl (C=O) groups is 1. The standard InChI is InChI=1S/C23H39NO2.HI/c1-4-7-8-9-10-11-12-16-19-21(24)23(5-2,6-3)22(25)26-20-17-14-13-15-18-20;/h13-15,17-18,21H,4-12,16,19,24H2,1-3H3;1H. The van der Waals surface area contributed by atoms with Crippen LogP contribution in [0, 0.1) is 5.41 Å². The van der Waals surface area contributed by atoms with Crippen LogP contribution in [0.1, 0.15) is 91.4 Å². The van der Waals surface area contributed by atoms with Crippen molar-refractivity contribution in [2.24, 2.45) is 11.1 Å². The van der Waals surface area contributed by atoms with E-state index in [0.717, 1.165) is 12.8 Å². The number of hydrogen-bond donors (Lipinski definition) is 1. The molecule has 1 aromatic rings. The van der Waals surface area contributed by atoms with Crippen molar-refractivity contribution in [2.45, 2.75) is 97.4 Å². The molecule has 1 rings (SSSR count). The summed E-state index contributed by atoms with van der Waals surface area (Å²) in [6, 6.07) is 9.16. The van der Waals surface area contributed by atoms with E-state index in [-0.39, 0.29) is 36.0 Å². The van der Waals surface area contributed by atoms with Crippen LogP contribution in [0.15, 0.2) is 30.3 Å². The zero-order chi connectivity index (χ0) is 19.3. The molecular weight excluding hydrogens is 449 g/mol. The van der Waals surface area contributed by atoms with E-state index in [0.29, 0.717) is 18.6 Å². The number of ether oxygens (including phenoxy) is 1. The first-order valence-corrected chi connectivity index (χ1v) is 10.6. The maximum atomic E-state index is 12.9. The van der Waals surface area contributed by atoms with Gasteiger partial charge in [0.2, 0.25) is 0 Å². The lowest BCUT2D eigenvalue weighted by atomic mass is 9.74. The highest BCUT2D eigenvalue weighted by molar-refractivity contribution is 14.0.